The highest BCUT2D eigenvalue weighted by molar-refractivity contribution is 5.73. The van der Waals surface area contributed by atoms with E-state index in [-0.39, 0.29) is 0 Å². The number of likely N-dealkylation sites (N-methyl/N-ethyl adjacent to an activating group) is 1. The molecule has 4 heteroatoms. The fourth-order valence-corrected chi connectivity index (χ4v) is 1.26. The molecule has 2 atom stereocenters. The third-order valence-electron chi connectivity index (χ3n) is 1.81. The third kappa shape index (κ3) is 1.27. The molecule has 1 heterocycles. The van der Waals surface area contributed by atoms with E-state index in [4.69, 9.17) is 10.2 Å². The van der Waals surface area contributed by atoms with Crippen molar-refractivity contribution in [2.75, 3.05) is 13.6 Å². The number of β-amino-alcohol motifs (C(OH)–C–C–N with tert-alkyl or cyclic N) is 1. The molecule has 0 aromatic heterocycles. The van der Waals surface area contributed by atoms with E-state index in [0.717, 1.165) is 0 Å². The van der Waals surface area contributed by atoms with E-state index in [1.54, 1.807) is 11.9 Å². The number of aliphatic hydroxyl groups is 1. The number of hydrogen-bond donors (Lipinski definition) is 2. The second-order valence-corrected chi connectivity index (χ2v) is 2.68. The minimum absolute atomic E-state index is 0.353. The lowest BCUT2D eigenvalue weighted by Crippen LogP contribution is -2.32. The van der Waals surface area contributed by atoms with Gasteiger partial charge in [-0.1, -0.05) is 0 Å². The molecule has 2 N–H and O–H groups in total. The molecule has 0 bridgehead atoms. The fourth-order valence-electron chi connectivity index (χ4n) is 1.26. The van der Waals surface area contributed by atoms with E-state index in [2.05, 4.69) is 0 Å². The van der Waals surface area contributed by atoms with E-state index in [0.29, 0.717) is 13.0 Å². The molecule has 1 aliphatic rings. The van der Waals surface area contributed by atoms with Gasteiger partial charge in [-0.05, 0) is 7.05 Å². The van der Waals surface area contributed by atoms with Crippen LogP contribution in [0.1, 0.15) is 6.42 Å². The van der Waals surface area contributed by atoms with Crippen LogP contribution in [0.4, 0.5) is 0 Å². The van der Waals surface area contributed by atoms with E-state index in [9.17, 15) is 4.79 Å². The Morgan fingerprint density at radius 1 is 1.70 bits per heavy atom. The van der Waals surface area contributed by atoms with Crippen LogP contribution in [0.2, 0.25) is 0 Å². The van der Waals surface area contributed by atoms with Crippen LogP contribution in [0, 0.1) is 0 Å². The highest BCUT2D eigenvalue weighted by Gasteiger charge is 2.32. The van der Waals surface area contributed by atoms with Gasteiger partial charge < -0.3 is 10.2 Å². The molecule has 0 aromatic rings. The zero-order chi connectivity index (χ0) is 7.72. The van der Waals surface area contributed by atoms with Gasteiger partial charge in [0.25, 0.3) is 0 Å². The predicted octanol–water partition coefficient (Wildman–Crippen LogP) is -0.864. The van der Waals surface area contributed by atoms with E-state index in [1.165, 1.54) is 0 Å². The number of nitrogens with zero attached hydrogens (tertiary/aromatic N) is 1. The van der Waals surface area contributed by atoms with Crippen LogP contribution in [-0.4, -0.2) is 46.8 Å². The number of carboxylic acid groups (broad SMARTS) is 1. The second kappa shape index (κ2) is 2.56. The van der Waals surface area contributed by atoms with Crippen LogP contribution in [0.25, 0.3) is 0 Å². The fraction of sp³-hybridized carbons (Fsp3) is 0.833. The minimum atomic E-state index is -0.848. The van der Waals surface area contributed by atoms with Crippen molar-refractivity contribution >= 4 is 5.97 Å². The van der Waals surface area contributed by atoms with Crippen molar-refractivity contribution in [3.05, 3.63) is 0 Å². The van der Waals surface area contributed by atoms with Gasteiger partial charge in [0, 0.05) is 13.0 Å². The largest absolute Gasteiger partial charge is 0.480 e. The number of hydrogen-bond acceptors (Lipinski definition) is 3. The van der Waals surface area contributed by atoms with Gasteiger partial charge in [0.2, 0.25) is 0 Å². The molecule has 1 saturated heterocycles. The Kier molecular flexibility index (Phi) is 1.92. The summed E-state index contributed by atoms with van der Waals surface area (Å²) in [5.74, 6) is -0.848. The molecule has 0 radical (unpaired) electrons. The Morgan fingerprint density at radius 3 is 2.50 bits per heavy atom. The minimum Gasteiger partial charge on any atom is -0.480 e. The molecule has 4 nitrogen and oxygen atoms in total. The Balaban J connectivity index is 2.54. The number of aliphatic hydroxyl groups excluding tert-OH is 1. The van der Waals surface area contributed by atoms with Crippen molar-refractivity contribution < 1.29 is 15.0 Å². The van der Waals surface area contributed by atoms with Crippen LogP contribution in [-0.2, 0) is 4.79 Å². The lowest BCUT2D eigenvalue weighted by molar-refractivity contribution is -0.141. The van der Waals surface area contributed by atoms with Gasteiger partial charge in [-0.25, -0.2) is 0 Å². The number of likely N-dealkylation sites (tertiary alicyclic amines) is 1. The summed E-state index contributed by atoms with van der Waals surface area (Å²) in [7, 11) is 1.70. The van der Waals surface area contributed by atoms with Crippen molar-refractivity contribution in [2.24, 2.45) is 0 Å². The zero-order valence-electron chi connectivity index (χ0n) is 5.82. The Morgan fingerprint density at radius 2 is 2.30 bits per heavy atom. The normalized spacial score (nSPS) is 34.6. The summed E-state index contributed by atoms with van der Waals surface area (Å²) >= 11 is 0. The van der Waals surface area contributed by atoms with Crippen LogP contribution < -0.4 is 0 Å². The van der Waals surface area contributed by atoms with E-state index in [1.807, 2.05) is 0 Å². The molecule has 0 aliphatic carbocycles. The highest BCUT2D eigenvalue weighted by atomic mass is 16.4. The Labute approximate surface area is 59.1 Å². The molecule has 1 rings (SSSR count). The summed E-state index contributed by atoms with van der Waals surface area (Å²) in [6, 6.07) is -0.491. The van der Waals surface area contributed by atoms with Crippen LogP contribution >= 0.6 is 0 Å². The quantitative estimate of drug-likeness (QED) is 0.504. The third-order valence-corrected chi connectivity index (χ3v) is 1.81. The first-order valence-electron chi connectivity index (χ1n) is 3.22. The molecule has 0 spiro atoms. The maximum atomic E-state index is 10.4. The van der Waals surface area contributed by atoms with Crippen LogP contribution in [0.5, 0.6) is 0 Å². The number of carboxylic acids is 1. The van der Waals surface area contributed by atoms with Gasteiger partial charge in [-0.3, -0.25) is 9.69 Å². The van der Waals surface area contributed by atoms with E-state index >= 15 is 0 Å². The maximum absolute atomic E-state index is 10.4. The molecule has 2 unspecified atom stereocenters. The second-order valence-electron chi connectivity index (χ2n) is 2.68. The summed E-state index contributed by atoms with van der Waals surface area (Å²) in [6.45, 7) is 0.469. The summed E-state index contributed by atoms with van der Waals surface area (Å²) < 4.78 is 0. The van der Waals surface area contributed by atoms with Gasteiger partial charge in [0.05, 0.1) is 6.10 Å². The van der Waals surface area contributed by atoms with Gasteiger partial charge in [-0.2, -0.15) is 0 Å². The van der Waals surface area contributed by atoms with Gasteiger partial charge in [0.15, 0.2) is 0 Å². The summed E-state index contributed by atoms with van der Waals surface area (Å²) in [4.78, 5) is 12.1. The lowest BCUT2D eigenvalue weighted by Gasteiger charge is -2.12. The molecule has 1 fully saturated rings. The molecule has 0 aromatic carbocycles. The van der Waals surface area contributed by atoms with Gasteiger partial charge in [-0.15, -0.1) is 0 Å². The Bertz CT molecular complexity index is 148. The van der Waals surface area contributed by atoms with Crippen molar-refractivity contribution in [3.8, 4) is 0 Å². The average molecular weight is 145 g/mol. The van der Waals surface area contributed by atoms with Gasteiger partial charge >= 0.3 is 5.97 Å². The molecular formula is C6H11NO3. The molecule has 58 valence electrons. The standard InChI is InChI=1S/C6H11NO3/c1-7-3-4(8)2-5(7)6(9)10/h4-5,8H,2-3H2,1H3,(H,9,10). The molecule has 0 saturated carbocycles. The molecular weight excluding hydrogens is 134 g/mol. The summed E-state index contributed by atoms with van der Waals surface area (Å²) in [6.07, 6.45) is -0.114. The highest BCUT2D eigenvalue weighted by Crippen LogP contribution is 2.14. The number of carbonyl (C=O) groups is 1. The summed E-state index contributed by atoms with van der Waals surface area (Å²) in [5, 5.41) is 17.6. The monoisotopic (exact) mass is 145 g/mol. The number of aliphatic carboxylic acids is 1. The molecule has 1 aliphatic heterocycles. The first-order valence-corrected chi connectivity index (χ1v) is 3.22. The topological polar surface area (TPSA) is 60.8 Å². The van der Waals surface area contributed by atoms with Crippen molar-refractivity contribution in [2.45, 2.75) is 18.6 Å². The van der Waals surface area contributed by atoms with Gasteiger partial charge in [0.1, 0.15) is 6.04 Å². The van der Waals surface area contributed by atoms with Crippen molar-refractivity contribution in [1.29, 1.82) is 0 Å². The SMILES string of the molecule is CN1CC(O)CC1C(=O)O. The lowest BCUT2D eigenvalue weighted by atomic mass is 10.2. The van der Waals surface area contributed by atoms with Crippen LogP contribution in [0.3, 0.4) is 0 Å². The average Bonchev–Trinajstić information content (AvgIpc) is 2.10. The predicted molar refractivity (Wildman–Crippen MR) is 34.7 cm³/mol. The van der Waals surface area contributed by atoms with Crippen LogP contribution in [0.15, 0.2) is 0 Å². The molecule has 0 amide bonds. The zero-order valence-corrected chi connectivity index (χ0v) is 5.82. The first-order chi connectivity index (χ1) is 4.61. The van der Waals surface area contributed by atoms with Crippen molar-refractivity contribution in [3.63, 3.8) is 0 Å². The Hall–Kier alpha value is -0.610. The van der Waals surface area contributed by atoms with E-state index < -0.39 is 18.1 Å². The van der Waals surface area contributed by atoms with Crippen molar-refractivity contribution in [1.82, 2.24) is 4.90 Å². The first kappa shape index (κ1) is 7.50. The smallest absolute Gasteiger partial charge is 0.321 e. The maximum Gasteiger partial charge on any atom is 0.321 e. The number of rotatable bonds is 1. The summed E-state index contributed by atoms with van der Waals surface area (Å²) in [5.41, 5.74) is 0. The molecule has 10 heavy (non-hydrogen) atoms.